The monoisotopic (exact) mass is 308 g/mol. The first-order chi connectivity index (χ1) is 10.5. The molecular formula is C16H24N2O4. The van der Waals surface area contributed by atoms with Crippen LogP contribution in [0.5, 0.6) is 0 Å². The molecule has 0 saturated carbocycles. The van der Waals surface area contributed by atoms with E-state index in [-0.39, 0.29) is 11.8 Å². The fourth-order valence-corrected chi connectivity index (χ4v) is 1.76. The third-order valence-corrected chi connectivity index (χ3v) is 2.83. The van der Waals surface area contributed by atoms with Gasteiger partial charge in [-0.15, -0.1) is 0 Å². The predicted molar refractivity (Wildman–Crippen MR) is 84.7 cm³/mol. The average molecular weight is 308 g/mol. The van der Waals surface area contributed by atoms with Crippen LogP contribution in [-0.4, -0.2) is 32.3 Å². The zero-order valence-corrected chi connectivity index (χ0v) is 13.5. The van der Waals surface area contributed by atoms with Gasteiger partial charge in [-0.25, -0.2) is 4.79 Å². The average Bonchev–Trinajstić information content (AvgIpc) is 2.51. The Bertz CT molecular complexity index is 485. The van der Waals surface area contributed by atoms with Gasteiger partial charge in [-0.2, -0.15) is 0 Å². The topological polar surface area (TPSA) is 76.7 Å². The summed E-state index contributed by atoms with van der Waals surface area (Å²) in [5, 5.41) is 5.20. The highest BCUT2D eigenvalue weighted by Gasteiger charge is 2.19. The SMILES string of the molecule is CCOC(C(=O)NC)c1ccc(NC(=O)OCC(C)C)cc1. The predicted octanol–water partition coefficient (Wildman–Crippen LogP) is 2.71. The molecule has 2 amide bonds. The Morgan fingerprint density at radius 1 is 1.18 bits per heavy atom. The van der Waals surface area contributed by atoms with Crippen molar-refractivity contribution >= 4 is 17.7 Å². The molecule has 0 spiro atoms. The Kier molecular flexibility index (Phi) is 7.39. The van der Waals surface area contributed by atoms with Crippen molar-refractivity contribution in [3.05, 3.63) is 29.8 Å². The molecule has 0 bridgehead atoms. The van der Waals surface area contributed by atoms with E-state index >= 15 is 0 Å². The van der Waals surface area contributed by atoms with E-state index in [9.17, 15) is 9.59 Å². The molecule has 2 N–H and O–H groups in total. The molecule has 0 aliphatic rings. The quantitative estimate of drug-likeness (QED) is 0.812. The standard InChI is InChI=1S/C16H24N2O4/c1-5-21-14(15(19)17-4)12-6-8-13(9-7-12)18-16(20)22-10-11(2)3/h6-9,11,14H,5,10H2,1-4H3,(H,17,19)(H,18,20). The van der Waals surface area contributed by atoms with Gasteiger partial charge in [0.15, 0.2) is 6.10 Å². The normalized spacial score (nSPS) is 11.9. The molecule has 1 aromatic rings. The highest BCUT2D eigenvalue weighted by atomic mass is 16.5. The second-order valence-electron chi connectivity index (χ2n) is 5.19. The smallest absolute Gasteiger partial charge is 0.411 e. The van der Waals surface area contributed by atoms with E-state index in [4.69, 9.17) is 9.47 Å². The Balaban J connectivity index is 2.68. The van der Waals surface area contributed by atoms with E-state index in [1.54, 1.807) is 31.3 Å². The summed E-state index contributed by atoms with van der Waals surface area (Å²) in [5.74, 6) is 0.0755. The molecule has 22 heavy (non-hydrogen) atoms. The van der Waals surface area contributed by atoms with E-state index in [0.717, 1.165) is 5.56 Å². The van der Waals surface area contributed by atoms with Crippen molar-refractivity contribution in [3.8, 4) is 0 Å². The first kappa shape index (κ1) is 18.0. The number of hydrogen-bond donors (Lipinski definition) is 2. The molecule has 1 aromatic carbocycles. The first-order valence-electron chi connectivity index (χ1n) is 7.34. The van der Waals surface area contributed by atoms with Gasteiger partial charge < -0.3 is 14.8 Å². The van der Waals surface area contributed by atoms with Gasteiger partial charge in [-0.1, -0.05) is 26.0 Å². The van der Waals surface area contributed by atoms with Crippen molar-refractivity contribution in [1.29, 1.82) is 0 Å². The zero-order valence-electron chi connectivity index (χ0n) is 13.5. The van der Waals surface area contributed by atoms with Crippen LogP contribution in [0.1, 0.15) is 32.4 Å². The van der Waals surface area contributed by atoms with Crippen molar-refractivity contribution in [2.45, 2.75) is 26.9 Å². The number of carbonyl (C=O) groups excluding carboxylic acids is 2. The summed E-state index contributed by atoms with van der Waals surface area (Å²) in [7, 11) is 1.56. The summed E-state index contributed by atoms with van der Waals surface area (Å²) in [5.41, 5.74) is 1.33. The maximum Gasteiger partial charge on any atom is 0.411 e. The summed E-state index contributed by atoms with van der Waals surface area (Å²) < 4.78 is 10.5. The van der Waals surface area contributed by atoms with Crippen molar-refractivity contribution in [3.63, 3.8) is 0 Å². The van der Waals surface area contributed by atoms with Crippen molar-refractivity contribution in [2.24, 2.45) is 5.92 Å². The molecule has 0 saturated heterocycles. The Labute approximate surface area is 131 Å². The number of carbonyl (C=O) groups is 2. The Hall–Kier alpha value is -2.08. The van der Waals surface area contributed by atoms with Gasteiger partial charge in [-0.05, 0) is 30.5 Å². The summed E-state index contributed by atoms with van der Waals surface area (Å²) in [6.45, 7) is 6.56. The third kappa shape index (κ3) is 5.73. The summed E-state index contributed by atoms with van der Waals surface area (Å²) in [6.07, 6.45) is -1.15. The van der Waals surface area contributed by atoms with E-state index in [0.29, 0.717) is 18.9 Å². The van der Waals surface area contributed by atoms with Gasteiger partial charge in [0.25, 0.3) is 5.91 Å². The second kappa shape index (κ2) is 9.04. The van der Waals surface area contributed by atoms with Crippen LogP contribution in [-0.2, 0) is 14.3 Å². The van der Waals surface area contributed by atoms with Crippen molar-refractivity contribution < 1.29 is 19.1 Å². The van der Waals surface area contributed by atoms with Crippen LogP contribution in [0.15, 0.2) is 24.3 Å². The molecule has 0 aliphatic heterocycles. The van der Waals surface area contributed by atoms with Crippen LogP contribution >= 0.6 is 0 Å². The van der Waals surface area contributed by atoms with Crippen LogP contribution in [0, 0.1) is 5.92 Å². The van der Waals surface area contributed by atoms with Crippen LogP contribution in [0.2, 0.25) is 0 Å². The van der Waals surface area contributed by atoms with Crippen LogP contribution < -0.4 is 10.6 Å². The molecule has 0 radical (unpaired) electrons. The largest absolute Gasteiger partial charge is 0.449 e. The fraction of sp³-hybridized carbons (Fsp3) is 0.500. The number of ether oxygens (including phenoxy) is 2. The van der Waals surface area contributed by atoms with Crippen LogP contribution in [0.25, 0.3) is 0 Å². The molecular weight excluding hydrogens is 284 g/mol. The van der Waals surface area contributed by atoms with Crippen molar-refractivity contribution in [2.75, 3.05) is 25.6 Å². The lowest BCUT2D eigenvalue weighted by molar-refractivity contribution is -0.132. The summed E-state index contributed by atoms with van der Waals surface area (Å²) >= 11 is 0. The lowest BCUT2D eigenvalue weighted by Gasteiger charge is -2.16. The molecule has 1 unspecified atom stereocenters. The second-order valence-corrected chi connectivity index (χ2v) is 5.19. The van der Waals surface area contributed by atoms with Gasteiger partial charge >= 0.3 is 6.09 Å². The molecule has 0 fully saturated rings. The van der Waals surface area contributed by atoms with Crippen LogP contribution in [0.3, 0.4) is 0 Å². The van der Waals surface area contributed by atoms with E-state index in [1.807, 2.05) is 20.8 Å². The molecule has 0 aromatic heterocycles. The van der Waals surface area contributed by atoms with E-state index < -0.39 is 12.2 Å². The number of hydrogen-bond acceptors (Lipinski definition) is 4. The van der Waals surface area contributed by atoms with Gasteiger partial charge in [0.1, 0.15) is 0 Å². The molecule has 1 atom stereocenters. The molecule has 1 rings (SSSR count). The Morgan fingerprint density at radius 3 is 2.32 bits per heavy atom. The molecule has 122 valence electrons. The minimum absolute atomic E-state index is 0.209. The van der Waals surface area contributed by atoms with Crippen molar-refractivity contribution in [1.82, 2.24) is 5.32 Å². The number of benzene rings is 1. The lowest BCUT2D eigenvalue weighted by Crippen LogP contribution is -2.27. The molecule has 0 heterocycles. The third-order valence-electron chi connectivity index (χ3n) is 2.83. The first-order valence-corrected chi connectivity index (χ1v) is 7.34. The fourth-order valence-electron chi connectivity index (χ4n) is 1.76. The van der Waals surface area contributed by atoms with Gasteiger partial charge in [0.2, 0.25) is 0 Å². The van der Waals surface area contributed by atoms with E-state index in [1.165, 1.54) is 0 Å². The van der Waals surface area contributed by atoms with Gasteiger partial charge in [0, 0.05) is 19.3 Å². The molecule has 6 nitrogen and oxygen atoms in total. The lowest BCUT2D eigenvalue weighted by atomic mass is 10.1. The maximum atomic E-state index is 11.8. The zero-order chi connectivity index (χ0) is 16.5. The van der Waals surface area contributed by atoms with Crippen LogP contribution in [0.4, 0.5) is 10.5 Å². The Morgan fingerprint density at radius 2 is 1.82 bits per heavy atom. The summed E-state index contributed by atoms with van der Waals surface area (Å²) in [4.78, 5) is 23.4. The number of nitrogens with one attached hydrogen (secondary N) is 2. The van der Waals surface area contributed by atoms with Gasteiger partial charge in [-0.3, -0.25) is 10.1 Å². The highest BCUT2D eigenvalue weighted by Crippen LogP contribution is 2.20. The molecule has 6 heteroatoms. The maximum absolute atomic E-state index is 11.8. The van der Waals surface area contributed by atoms with Gasteiger partial charge in [0.05, 0.1) is 6.61 Å². The number of anilines is 1. The summed E-state index contributed by atoms with van der Waals surface area (Å²) in [6, 6.07) is 6.91. The number of rotatable bonds is 7. The molecule has 0 aliphatic carbocycles. The number of likely N-dealkylation sites (N-methyl/N-ethyl adjacent to an activating group) is 1. The minimum atomic E-state index is -0.656. The van der Waals surface area contributed by atoms with E-state index in [2.05, 4.69) is 10.6 Å². The number of amides is 2. The minimum Gasteiger partial charge on any atom is -0.449 e. The highest BCUT2D eigenvalue weighted by molar-refractivity contribution is 5.85.